The summed E-state index contributed by atoms with van der Waals surface area (Å²) in [5.74, 6) is 2.57. The van der Waals surface area contributed by atoms with Crippen molar-refractivity contribution in [3.63, 3.8) is 0 Å². The summed E-state index contributed by atoms with van der Waals surface area (Å²) in [6.45, 7) is 10.6. The molecule has 2 heterocycles. The highest BCUT2D eigenvalue weighted by Gasteiger charge is 2.11. The number of hydrogen-bond acceptors (Lipinski definition) is 3. The largest absolute Gasteiger partial charge is 0.466 e. The molecule has 0 fully saturated rings. The molecule has 0 bridgehead atoms. The van der Waals surface area contributed by atoms with Crippen molar-refractivity contribution in [1.82, 2.24) is 14.7 Å². The Morgan fingerprint density at radius 2 is 2.20 bits per heavy atom. The summed E-state index contributed by atoms with van der Waals surface area (Å²) in [5, 5.41) is 4.24. The first-order chi connectivity index (χ1) is 9.69. The molecule has 1 atom stereocenters. The minimum atomic E-state index is 0.474. The summed E-state index contributed by atoms with van der Waals surface area (Å²) < 4.78 is 7.69. The molecule has 0 N–H and O–H groups in total. The number of aromatic nitrogens is 2. The highest BCUT2D eigenvalue weighted by Crippen LogP contribution is 2.21. The molecule has 0 spiro atoms. The van der Waals surface area contributed by atoms with Crippen molar-refractivity contribution >= 4 is 0 Å². The van der Waals surface area contributed by atoms with Gasteiger partial charge >= 0.3 is 0 Å². The highest BCUT2D eigenvalue weighted by molar-refractivity contribution is 5.09. The van der Waals surface area contributed by atoms with Gasteiger partial charge < -0.3 is 9.32 Å². The van der Waals surface area contributed by atoms with Gasteiger partial charge in [0, 0.05) is 24.9 Å². The van der Waals surface area contributed by atoms with Gasteiger partial charge in [0.15, 0.2) is 0 Å². The van der Waals surface area contributed by atoms with Gasteiger partial charge in [-0.25, -0.2) is 0 Å². The number of rotatable bonds is 8. The van der Waals surface area contributed by atoms with Crippen molar-refractivity contribution in [3.05, 3.63) is 42.1 Å². The minimum Gasteiger partial charge on any atom is -0.466 e. The number of nitrogens with zero attached hydrogens (tertiary/aromatic N) is 3. The third-order valence-electron chi connectivity index (χ3n) is 3.78. The predicted molar refractivity (Wildman–Crippen MR) is 80.8 cm³/mol. The van der Waals surface area contributed by atoms with Crippen LogP contribution in [0.5, 0.6) is 0 Å². The molecule has 0 aliphatic rings. The molecule has 2 aromatic rings. The van der Waals surface area contributed by atoms with Gasteiger partial charge in [-0.05, 0) is 44.6 Å². The van der Waals surface area contributed by atoms with Crippen molar-refractivity contribution in [2.45, 2.75) is 39.7 Å². The molecule has 0 saturated heterocycles. The van der Waals surface area contributed by atoms with E-state index in [0.717, 1.165) is 44.1 Å². The summed E-state index contributed by atoms with van der Waals surface area (Å²) in [7, 11) is 0. The zero-order valence-electron chi connectivity index (χ0n) is 12.7. The standard InChI is InChI=1S/C16H25N3O/c1-4-18(12-13-19-10-5-9-17-19)11-8-14(2)16-7-6-15(3)20-16/h5-7,9-10,14H,4,8,11-13H2,1-3H3/t14-/m0/s1. The van der Waals surface area contributed by atoms with Gasteiger partial charge in [-0.1, -0.05) is 13.8 Å². The van der Waals surface area contributed by atoms with Crippen molar-refractivity contribution < 1.29 is 4.42 Å². The fraction of sp³-hybridized carbons (Fsp3) is 0.562. The quantitative estimate of drug-likeness (QED) is 0.741. The summed E-state index contributed by atoms with van der Waals surface area (Å²) in [4.78, 5) is 2.47. The van der Waals surface area contributed by atoms with Crippen molar-refractivity contribution in [1.29, 1.82) is 0 Å². The third-order valence-corrected chi connectivity index (χ3v) is 3.78. The molecule has 4 nitrogen and oxygen atoms in total. The Hall–Kier alpha value is -1.55. The monoisotopic (exact) mass is 275 g/mol. The van der Waals surface area contributed by atoms with Crippen molar-refractivity contribution in [2.75, 3.05) is 19.6 Å². The SMILES string of the molecule is CCN(CC[C@H](C)c1ccc(C)o1)CCn1cccn1. The molecule has 110 valence electrons. The molecular weight excluding hydrogens is 250 g/mol. The van der Waals surface area contributed by atoms with E-state index in [4.69, 9.17) is 4.42 Å². The van der Waals surface area contributed by atoms with Crippen LogP contribution in [-0.2, 0) is 6.54 Å². The number of furan rings is 1. The molecule has 20 heavy (non-hydrogen) atoms. The third kappa shape index (κ3) is 4.23. The fourth-order valence-electron chi connectivity index (χ4n) is 2.34. The van der Waals surface area contributed by atoms with Crippen LogP contribution in [0.1, 0.15) is 37.7 Å². The lowest BCUT2D eigenvalue weighted by Gasteiger charge is -2.21. The maximum absolute atomic E-state index is 5.70. The van der Waals surface area contributed by atoms with Crippen LogP contribution in [0.4, 0.5) is 0 Å². The zero-order valence-corrected chi connectivity index (χ0v) is 12.7. The van der Waals surface area contributed by atoms with Crippen LogP contribution in [-0.4, -0.2) is 34.3 Å². The van der Waals surface area contributed by atoms with Crippen LogP contribution >= 0.6 is 0 Å². The normalized spacial score (nSPS) is 13.0. The van der Waals surface area contributed by atoms with Crippen LogP contribution in [0, 0.1) is 6.92 Å². The highest BCUT2D eigenvalue weighted by atomic mass is 16.3. The van der Waals surface area contributed by atoms with E-state index in [9.17, 15) is 0 Å². The lowest BCUT2D eigenvalue weighted by molar-refractivity contribution is 0.258. The first-order valence-electron chi connectivity index (χ1n) is 7.45. The van der Waals surface area contributed by atoms with E-state index in [2.05, 4.69) is 29.9 Å². The van der Waals surface area contributed by atoms with Gasteiger partial charge in [-0.3, -0.25) is 4.68 Å². The second kappa shape index (κ2) is 7.29. The van der Waals surface area contributed by atoms with Crippen LogP contribution in [0.15, 0.2) is 35.0 Å². The molecule has 2 rings (SSSR count). The summed E-state index contributed by atoms with van der Waals surface area (Å²) >= 11 is 0. The molecular formula is C16H25N3O. The summed E-state index contributed by atoms with van der Waals surface area (Å²) in [5.41, 5.74) is 0. The Labute approximate surface area is 121 Å². The summed E-state index contributed by atoms with van der Waals surface area (Å²) in [6.07, 6.45) is 4.97. The molecule has 2 aromatic heterocycles. The average Bonchev–Trinajstić information content (AvgIpc) is 3.10. The zero-order chi connectivity index (χ0) is 14.4. The van der Waals surface area contributed by atoms with Gasteiger partial charge in [0.2, 0.25) is 0 Å². The first kappa shape index (κ1) is 14.9. The van der Waals surface area contributed by atoms with E-state index in [1.807, 2.05) is 36.1 Å². The van der Waals surface area contributed by atoms with E-state index in [0.29, 0.717) is 5.92 Å². The van der Waals surface area contributed by atoms with Crippen LogP contribution < -0.4 is 0 Å². The molecule has 4 heteroatoms. The Balaban J connectivity index is 1.75. The van der Waals surface area contributed by atoms with Crippen LogP contribution in [0.25, 0.3) is 0 Å². The van der Waals surface area contributed by atoms with Crippen molar-refractivity contribution in [3.8, 4) is 0 Å². The molecule has 0 saturated carbocycles. The molecule has 0 aliphatic carbocycles. The first-order valence-corrected chi connectivity index (χ1v) is 7.45. The van der Waals surface area contributed by atoms with E-state index in [1.54, 1.807) is 0 Å². The van der Waals surface area contributed by atoms with Crippen LogP contribution in [0.2, 0.25) is 0 Å². The molecule has 0 unspecified atom stereocenters. The van der Waals surface area contributed by atoms with Gasteiger partial charge in [-0.2, -0.15) is 5.10 Å². The Morgan fingerprint density at radius 3 is 2.80 bits per heavy atom. The average molecular weight is 275 g/mol. The Bertz CT molecular complexity index is 490. The van der Waals surface area contributed by atoms with Gasteiger partial charge in [-0.15, -0.1) is 0 Å². The fourth-order valence-corrected chi connectivity index (χ4v) is 2.34. The smallest absolute Gasteiger partial charge is 0.107 e. The molecule has 0 aromatic carbocycles. The lowest BCUT2D eigenvalue weighted by Crippen LogP contribution is -2.29. The number of likely N-dealkylation sites (N-methyl/N-ethyl adjacent to an activating group) is 1. The topological polar surface area (TPSA) is 34.2 Å². The number of hydrogen-bond donors (Lipinski definition) is 0. The van der Waals surface area contributed by atoms with E-state index >= 15 is 0 Å². The van der Waals surface area contributed by atoms with E-state index in [1.165, 1.54) is 0 Å². The maximum Gasteiger partial charge on any atom is 0.107 e. The minimum absolute atomic E-state index is 0.474. The number of aryl methyl sites for hydroxylation is 1. The van der Waals surface area contributed by atoms with E-state index in [-0.39, 0.29) is 0 Å². The summed E-state index contributed by atoms with van der Waals surface area (Å²) in [6, 6.07) is 6.11. The van der Waals surface area contributed by atoms with Gasteiger partial charge in [0.1, 0.15) is 11.5 Å². The van der Waals surface area contributed by atoms with E-state index < -0.39 is 0 Å². The molecule has 0 radical (unpaired) electrons. The van der Waals surface area contributed by atoms with Crippen molar-refractivity contribution in [2.24, 2.45) is 0 Å². The maximum atomic E-state index is 5.70. The van der Waals surface area contributed by atoms with Gasteiger partial charge in [0.25, 0.3) is 0 Å². The Kier molecular flexibility index (Phi) is 5.41. The van der Waals surface area contributed by atoms with Crippen LogP contribution in [0.3, 0.4) is 0 Å². The lowest BCUT2D eigenvalue weighted by atomic mass is 10.1. The molecule has 0 aliphatic heterocycles. The Morgan fingerprint density at radius 1 is 1.35 bits per heavy atom. The molecule has 0 amide bonds. The second-order valence-electron chi connectivity index (χ2n) is 5.34. The second-order valence-corrected chi connectivity index (χ2v) is 5.34. The van der Waals surface area contributed by atoms with Gasteiger partial charge in [0.05, 0.1) is 6.54 Å². The predicted octanol–water partition coefficient (Wildman–Crippen LogP) is 3.30.